The fourth-order valence-electron chi connectivity index (χ4n) is 5.37. The Morgan fingerprint density at radius 3 is 1.97 bits per heavy atom. The van der Waals surface area contributed by atoms with Crippen LogP contribution in [0.4, 0.5) is 0 Å². The lowest BCUT2D eigenvalue weighted by Gasteiger charge is -2.42. The normalized spacial score (nSPS) is 16.6. The number of rotatable bonds is 8. The number of Topliss-reactive ketones (excluding diaryl/α,β-unsaturated/α-hetero) is 1. The molecular formula is C32H39Cl2NO2. The van der Waals surface area contributed by atoms with Gasteiger partial charge in [-0.15, -0.1) is 12.4 Å². The van der Waals surface area contributed by atoms with Crippen LogP contribution < -0.4 is 0 Å². The van der Waals surface area contributed by atoms with E-state index in [9.17, 15) is 9.90 Å². The summed E-state index contributed by atoms with van der Waals surface area (Å²) in [5.74, 6) is 0.326. The molecule has 1 unspecified atom stereocenters. The van der Waals surface area contributed by atoms with E-state index in [2.05, 4.69) is 37.8 Å². The molecule has 1 fully saturated rings. The Kier molecular flexibility index (Phi) is 9.99. The lowest BCUT2D eigenvalue weighted by Crippen LogP contribution is -2.44. The average molecular weight is 541 g/mol. The quantitative estimate of drug-likeness (QED) is 0.298. The lowest BCUT2D eigenvalue weighted by atomic mass is 9.72. The van der Waals surface area contributed by atoms with Crippen molar-refractivity contribution in [2.24, 2.45) is 5.92 Å². The van der Waals surface area contributed by atoms with Gasteiger partial charge in [-0.3, -0.25) is 4.79 Å². The summed E-state index contributed by atoms with van der Waals surface area (Å²) < 4.78 is 0. The first kappa shape index (κ1) is 29.4. The molecule has 3 aromatic carbocycles. The van der Waals surface area contributed by atoms with Gasteiger partial charge in [0.05, 0.1) is 0 Å². The maximum absolute atomic E-state index is 12.7. The van der Waals surface area contributed by atoms with Gasteiger partial charge in [-0.25, -0.2) is 0 Å². The highest BCUT2D eigenvalue weighted by molar-refractivity contribution is 6.30. The second-order valence-electron chi connectivity index (χ2n) is 11.1. The molecule has 1 aliphatic rings. The van der Waals surface area contributed by atoms with E-state index in [1.807, 2.05) is 66.7 Å². The third-order valence-electron chi connectivity index (χ3n) is 7.63. The monoisotopic (exact) mass is 539 g/mol. The number of hydrogen-bond acceptors (Lipinski definition) is 3. The van der Waals surface area contributed by atoms with Crippen molar-refractivity contribution in [3.05, 3.63) is 106 Å². The van der Waals surface area contributed by atoms with E-state index < -0.39 is 5.60 Å². The number of hydrogen-bond donors (Lipinski definition) is 1. The fraction of sp³-hybridized carbons (Fsp3) is 0.406. The molecule has 0 radical (unpaired) electrons. The zero-order valence-electron chi connectivity index (χ0n) is 22.1. The lowest BCUT2D eigenvalue weighted by molar-refractivity contribution is -0.0142. The van der Waals surface area contributed by atoms with Crippen LogP contribution >= 0.6 is 24.0 Å². The summed E-state index contributed by atoms with van der Waals surface area (Å²) in [4.78, 5) is 15.1. The van der Waals surface area contributed by atoms with Crippen molar-refractivity contribution in [1.29, 1.82) is 0 Å². The number of carbonyl (C=O) groups is 1. The molecule has 1 atom stereocenters. The molecule has 0 saturated carbocycles. The summed E-state index contributed by atoms with van der Waals surface area (Å²) in [6.45, 7) is 9.29. The molecular weight excluding hydrogens is 501 g/mol. The number of ketones is 1. The van der Waals surface area contributed by atoms with Crippen molar-refractivity contribution >= 4 is 29.8 Å². The van der Waals surface area contributed by atoms with E-state index in [4.69, 9.17) is 11.6 Å². The van der Waals surface area contributed by atoms with E-state index in [1.54, 1.807) is 0 Å². The Morgan fingerprint density at radius 1 is 0.865 bits per heavy atom. The van der Waals surface area contributed by atoms with Crippen molar-refractivity contribution in [3.8, 4) is 0 Å². The number of benzene rings is 3. The first-order valence-electron chi connectivity index (χ1n) is 13.1. The SMILES string of the molecule is CC(C)(C)c1ccc(C(=O)CCCN2CCC(C(O)(c3ccccc3)c3ccc(Cl)cc3)CC2)cc1.Cl. The number of carbonyl (C=O) groups excluding carboxylic acids is 1. The highest BCUT2D eigenvalue weighted by atomic mass is 35.5. The van der Waals surface area contributed by atoms with Gasteiger partial charge in [0.2, 0.25) is 0 Å². The van der Waals surface area contributed by atoms with Crippen molar-refractivity contribution in [1.82, 2.24) is 4.90 Å². The van der Waals surface area contributed by atoms with E-state index in [0.29, 0.717) is 11.4 Å². The van der Waals surface area contributed by atoms with Crippen LogP contribution in [-0.4, -0.2) is 35.4 Å². The summed E-state index contributed by atoms with van der Waals surface area (Å²) >= 11 is 6.13. The van der Waals surface area contributed by atoms with E-state index in [-0.39, 0.29) is 29.5 Å². The fourth-order valence-corrected chi connectivity index (χ4v) is 5.50. The molecule has 0 bridgehead atoms. The molecule has 3 aromatic rings. The molecule has 4 rings (SSSR count). The van der Waals surface area contributed by atoms with Gasteiger partial charge in [0.25, 0.3) is 0 Å². The molecule has 1 aliphatic heterocycles. The van der Waals surface area contributed by atoms with Gasteiger partial charge in [-0.05, 0) is 79.1 Å². The van der Waals surface area contributed by atoms with Gasteiger partial charge in [0, 0.05) is 17.0 Å². The van der Waals surface area contributed by atoms with Gasteiger partial charge in [-0.1, -0.05) is 99.1 Å². The zero-order valence-corrected chi connectivity index (χ0v) is 23.7. The van der Waals surface area contributed by atoms with Crippen LogP contribution in [0.2, 0.25) is 5.02 Å². The van der Waals surface area contributed by atoms with Crippen molar-refractivity contribution < 1.29 is 9.90 Å². The van der Waals surface area contributed by atoms with E-state index in [1.165, 1.54) is 5.56 Å². The minimum absolute atomic E-state index is 0. The molecule has 0 amide bonds. The minimum atomic E-state index is -1.05. The van der Waals surface area contributed by atoms with Crippen molar-refractivity contribution in [3.63, 3.8) is 0 Å². The van der Waals surface area contributed by atoms with Crippen LogP contribution in [0.3, 0.4) is 0 Å². The second-order valence-corrected chi connectivity index (χ2v) is 11.5. The van der Waals surface area contributed by atoms with E-state index in [0.717, 1.165) is 55.6 Å². The molecule has 0 aliphatic carbocycles. The minimum Gasteiger partial charge on any atom is -0.380 e. The summed E-state index contributed by atoms with van der Waals surface area (Å²) in [7, 11) is 0. The highest BCUT2D eigenvalue weighted by Crippen LogP contribution is 2.42. The predicted molar refractivity (Wildman–Crippen MR) is 156 cm³/mol. The largest absolute Gasteiger partial charge is 0.380 e. The third kappa shape index (κ3) is 7.03. The predicted octanol–water partition coefficient (Wildman–Crippen LogP) is 7.67. The average Bonchev–Trinajstić information content (AvgIpc) is 2.89. The topological polar surface area (TPSA) is 40.5 Å². The Morgan fingerprint density at radius 2 is 1.41 bits per heavy atom. The molecule has 0 aromatic heterocycles. The van der Waals surface area contributed by atoms with Gasteiger partial charge >= 0.3 is 0 Å². The molecule has 5 heteroatoms. The van der Waals surface area contributed by atoms with Gasteiger partial charge in [0.1, 0.15) is 5.60 Å². The maximum Gasteiger partial charge on any atom is 0.162 e. The van der Waals surface area contributed by atoms with Crippen LogP contribution in [0, 0.1) is 5.92 Å². The van der Waals surface area contributed by atoms with Crippen molar-refractivity contribution in [2.45, 2.75) is 57.5 Å². The Balaban J connectivity index is 0.00000380. The number of aliphatic hydroxyl groups is 1. The standard InChI is InChI=1S/C32H38ClNO2.ClH/c1-31(2,3)25-13-11-24(12-14-25)30(35)10-7-21-34-22-19-28(20-23-34)32(36,26-8-5-4-6-9-26)27-15-17-29(33)18-16-27;/h4-6,8-9,11-18,28,36H,7,10,19-23H2,1-3H3;1H. The van der Waals surface area contributed by atoms with Crippen molar-refractivity contribution in [2.75, 3.05) is 19.6 Å². The van der Waals surface area contributed by atoms with Gasteiger partial charge in [-0.2, -0.15) is 0 Å². The van der Waals surface area contributed by atoms with Crippen LogP contribution in [0.1, 0.15) is 73.5 Å². The molecule has 198 valence electrons. The van der Waals surface area contributed by atoms with Crippen LogP contribution in [0.25, 0.3) is 0 Å². The molecule has 1 saturated heterocycles. The Labute approximate surface area is 233 Å². The molecule has 1 N–H and O–H groups in total. The maximum atomic E-state index is 12.7. The van der Waals surface area contributed by atoms with Crippen LogP contribution in [-0.2, 0) is 11.0 Å². The highest BCUT2D eigenvalue weighted by Gasteiger charge is 2.41. The number of piperidine rings is 1. The number of halogens is 2. The summed E-state index contributed by atoms with van der Waals surface area (Å²) in [5.41, 5.74) is 2.91. The van der Waals surface area contributed by atoms with E-state index >= 15 is 0 Å². The molecule has 0 spiro atoms. The summed E-state index contributed by atoms with van der Waals surface area (Å²) in [6, 6.07) is 25.7. The Bertz CT molecular complexity index is 1130. The second kappa shape index (κ2) is 12.6. The van der Waals surface area contributed by atoms with Crippen LogP contribution in [0.15, 0.2) is 78.9 Å². The molecule has 1 heterocycles. The summed E-state index contributed by atoms with van der Waals surface area (Å²) in [5, 5.41) is 12.8. The smallest absolute Gasteiger partial charge is 0.162 e. The van der Waals surface area contributed by atoms with Crippen LogP contribution in [0.5, 0.6) is 0 Å². The summed E-state index contributed by atoms with van der Waals surface area (Å²) in [6.07, 6.45) is 3.21. The zero-order chi connectivity index (χ0) is 25.8. The number of likely N-dealkylation sites (tertiary alicyclic amines) is 1. The Hall–Kier alpha value is -2.17. The van der Waals surface area contributed by atoms with Gasteiger partial charge in [0.15, 0.2) is 5.78 Å². The molecule has 3 nitrogen and oxygen atoms in total. The first-order chi connectivity index (χ1) is 17.2. The van der Waals surface area contributed by atoms with Gasteiger partial charge < -0.3 is 10.0 Å². The number of nitrogens with zero attached hydrogens (tertiary/aromatic N) is 1. The third-order valence-corrected chi connectivity index (χ3v) is 7.88. The molecule has 37 heavy (non-hydrogen) atoms. The first-order valence-corrected chi connectivity index (χ1v) is 13.5.